The van der Waals surface area contributed by atoms with Crippen LogP contribution in [0.5, 0.6) is 5.75 Å². The van der Waals surface area contributed by atoms with Gasteiger partial charge in [-0.25, -0.2) is 9.59 Å². The van der Waals surface area contributed by atoms with Crippen LogP contribution >= 0.6 is 0 Å². The van der Waals surface area contributed by atoms with Crippen molar-refractivity contribution in [3.05, 3.63) is 65.2 Å². The van der Waals surface area contributed by atoms with Gasteiger partial charge in [0.15, 0.2) is 0 Å². The molecule has 11 nitrogen and oxygen atoms in total. The molecule has 14 heteroatoms. The summed E-state index contributed by atoms with van der Waals surface area (Å²) in [6.45, 7) is 3.67. The van der Waals surface area contributed by atoms with Crippen LogP contribution in [0.25, 0.3) is 22.0 Å². The summed E-state index contributed by atoms with van der Waals surface area (Å²) in [4.78, 5) is 36.6. The molecule has 0 bridgehead atoms. The number of aromatic carboxylic acids is 1. The summed E-state index contributed by atoms with van der Waals surface area (Å²) in [6, 6.07) is 9.51. The highest BCUT2D eigenvalue weighted by atomic mass is 19.4. The number of aryl methyl sites for hydroxylation is 2. The number of rotatable bonds is 5. The molecule has 38 heavy (non-hydrogen) atoms. The lowest BCUT2D eigenvalue weighted by Gasteiger charge is -2.14. The predicted octanol–water partition coefficient (Wildman–Crippen LogP) is 4.39. The monoisotopic (exact) mass is 532 g/mol. The molecule has 0 spiro atoms. The van der Waals surface area contributed by atoms with Crippen molar-refractivity contribution in [1.29, 1.82) is 0 Å². The van der Waals surface area contributed by atoms with Gasteiger partial charge in [0, 0.05) is 22.8 Å². The molecule has 2 aromatic heterocycles. The maximum absolute atomic E-state index is 12.0. The minimum atomic E-state index is -5.08. The number of aliphatic carboxylic acids is 1. The summed E-state index contributed by atoms with van der Waals surface area (Å²) < 4.78 is 37.0. The van der Waals surface area contributed by atoms with E-state index in [2.05, 4.69) is 15.5 Å². The maximum Gasteiger partial charge on any atom is 0.490 e. The van der Waals surface area contributed by atoms with Crippen molar-refractivity contribution in [3.8, 4) is 16.9 Å². The number of pyridine rings is 1. The number of halogens is 3. The van der Waals surface area contributed by atoms with Crippen molar-refractivity contribution >= 4 is 40.1 Å². The number of primary amides is 1. The normalized spacial score (nSPS) is 11.0. The van der Waals surface area contributed by atoms with Gasteiger partial charge in [-0.15, -0.1) is 0 Å². The van der Waals surface area contributed by atoms with E-state index in [9.17, 15) is 33.0 Å². The van der Waals surface area contributed by atoms with Crippen molar-refractivity contribution in [2.45, 2.75) is 20.0 Å². The van der Waals surface area contributed by atoms with Crippen molar-refractivity contribution in [1.82, 2.24) is 10.1 Å². The fourth-order valence-electron chi connectivity index (χ4n) is 3.50. The van der Waals surface area contributed by atoms with Crippen LogP contribution in [0.3, 0.4) is 0 Å². The second kappa shape index (κ2) is 10.5. The minimum Gasteiger partial charge on any atom is -0.507 e. The lowest BCUT2D eigenvalue weighted by molar-refractivity contribution is -0.192. The average Bonchev–Trinajstić information content (AvgIpc) is 3.17. The quantitative estimate of drug-likeness (QED) is 0.231. The van der Waals surface area contributed by atoms with E-state index in [1.165, 1.54) is 24.4 Å². The fraction of sp³-hybridized carbons (Fsp3) is 0.125. The van der Waals surface area contributed by atoms with E-state index >= 15 is 0 Å². The van der Waals surface area contributed by atoms with Crippen LogP contribution in [0.2, 0.25) is 0 Å². The zero-order valence-electron chi connectivity index (χ0n) is 19.6. The molecule has 1 amide bonds. The van der Waals surface area contributed by atoms with Crippen LogP contribution in [-0.2, 0) is 4.79 Å². The first kappa shape index (κ1) is 27.4. The number of benzene rings is 2. The SMILES string of the molecule is Cc1noc(C)c1-c1ccc2c(Nc3ccc(O)c(C(=O)O)c3)c(C(N)=O)cnc2c1.O=C(O)C(F)(F)F. The number of carboxylic acid groups (broad SMARTS) is 2. The van der Waals surface area contributed by atoms with E-state index in [1.807, 2.05) is 26.0 Å². The lowest BCUT2D eigenvalue weighted by atomic mass is 10.0. The minimum absolute atomic E-state index is 0.141. The third-order valence-corrected chi connectivity index (χ3v) is 5.20. The van der Waals surface area contributed by atoms with Gasteiger partial charge >= 0.3 is 18.1 Å². The van der Waals surface area contributed by atoms with Gasteiger partial charge < -0.3 is 30.9 Å². The molecule has 4 rings (SSSR count). The van der Waals surface area contributed by atoms with Gasteiger partial charge in [0.25, 0.3) is 5.91 Å². The molecule has 0 fully saturated rings. The van der Waals surface area contributed by atoms with Gasteiger partial charge in [0.05, 0.1) is 22.5 Å². The standard InChI is InChI=1S/C22H18N4O5.C2HF3O2/c1-10-19(11(2)31-26-10)12-3-5-14-17(7-12)24-9-16(21(23)28)20(14)25-13-4-6-18(27)15(8-13)22(29)30;3-2(4,5)1(6)7/h3-9,27H,1-2H3,(H2,23,28)(H,24,25)(H,29,30);(H,6,7). The van der Waals surface area contributed by atoms with Crippen molar-refractivity contribution in [3.63, 3.8) is 0 Å². The number of hydrogen-bond donors (Lipinski definition) is 5. The maximum atomic E-state index is 12.0. The summed E-state index contributed by atoms with van der Waals surface area (Å²) in [6.07, 6.45) is -3.72. The number of nitrogens with one attached hydrogen (secondary N) is 1. The number of carbonyl (C=O) groups is 3. The second-order valence-electron chi connectivity index (χ2n) is 7.81. The molecule has 0 saturated carbocycles. The van der Waals surface area contributed by atoms with Crippen LogP contribution < -0.4 is 11.1 Å². The molecule has 4 aromatic rings. The van der Waals surface area contributed by atoms with Crippen molar-refractivity contribution < 1.29 is 47.4 Å². The van der Waals surface area contributed by atoms with Crippen LogP contribution in [0.4, 0.5) is 24.5 Å². The fourth-order valence-corrected chi connectivity index (χ4v) is 3.50. The van der Waals surface area contributed by atoms with Crippen LogP contribution in [-0.4, -0.2) is 49.5 Å². The molecule has 0 atom stereocenters. The largest absolute Gasteiger partial charge is 0.507 e. The summed E-state index contributed by atoms with van der Waals surface area (Å²) in [5, 5.41) is 33.8. The van der Waals surface area contributed by atoms with Gasteiger partial charge in [0.2, 0.25) is 0 Å². The molecule has 0 aliphatic heterocycles. The molecule has 2 heterocycles. The molecule has 0 saturated heterocycles. The number of carbonyl (C=O) groups excluding carboxylic acids is 1. The molecule has 0 aliphatic carbocycles. The van der Waals surface area contributed by atoms with Crippen LogP contribution in [0.15, 0.2) is 47.1 Å². The van der Waals surface area contributed by atoms with Gasteiger partial charge in [-0.3, -0.25) is 9.78 Å². The Labute approximate surface area is 211 Å². The highest BCUT2D eigenvalue weighted by molar-refractivity contribution is 6.08. The molecule has 198 valence electrons. The Bertz CT molecular complexity index is 1550. The second-order valence-corrected chi connectivity index (χ2v) is 7.81. The number of amides is 1. The number of nitrogens with zero attached hydrogens (tertiary/aromatic N) is 2. The number of anilines is 2. The Kier molecular flexibility index (Phi) is 7.55. The molecule has 0 aliphatic rings. The topological polar surface area (TPSA) is 189 Å². The van der Waals surface area contributed by atoms with Gasteiger partial charge in [-0.1, -0.05) is 17.3 Å². The smallest absolute Gasteiger partial charge is 0.490 e. The molecule has 2 aromatic carbocycles. The molecule has 0 radical (unpaired) electrons. The van der Waals surface area contributed by atoms with E-state index in [-0.39, 0.29) is 16.9 Å². The third-order valence-electron chi connectivity index (χ3n) is 5.20. The lowest BCUT2D eigenvalue weighted by Crippen LogP contribution is -2.21. The average molecular weight is 532 g/mol. The number of fused-ring (bicyclic) bond motifs is 1. The van der Waals surface area contributed by atoms with E-state index in [4.69, 9.17) is 20.2 Å². The Morgan fingerprint density at radius 1 is 1.03 bits per heavy atom. The summed E-state index contributed by atoms with van der Waals surface area (Å²) in [7, 11) is 0. The van der Waals surface area contributed by atoms with E-state index in [1.54, 1.807) is 6.07 Å². The Morgan fingerprint density at radius 3 is 2.21 bits per heavy atom. The highest BCUT2D eigenvalue weighted by Gasteiger charge is 2.38. The number of phenols is 1. The number of aromatic nitrogens is 2. The van der Waals surface area contributed by atoms with Crippen molar-refractivity contribution in [2.75, 3.05) is 5.32 Å². The molecular weight excluding hydrogens is 513 g/mol. The number of aromatic hydroxyl groups is 1. The molecule has 6 N–H and O–H groups in total. The molecular formula is C24H19F3N4O7. The van der Waals surface area contributed by atoms with Crippen molar-refractivity contribution in [2.24, 2.45) is 5.73 Å². The first-order valence-corrected chi connectivity index (χ1v) is 10.5. The van der Waals surface area contributed by atoms with Crippen LogP contribution in [0.1, 0.15) is 32.2 Å². The highest BCUT2D eigenvalue weighted by Crippen LogP contribution is 2.34. The van der Waals surface area contributed by atoms with E-state index in [0.29, 0.717) is 28.0 Å². The Morgan fingerprint density at radius 2 is 1.68 bits per heavy atom. The Balaban J connectivity index is 0.000000505. The number of alkyl halides is 3. The van der Waals surface area contributed by atoms with Gasteiger partial charge in [-0.2, -0.15) is 13.2 Å². The first-order valence-electron chi connectivity index (χ1n) is 10.5. The zero-order chi connectivity index (χ0) is 28.4. The summed E-state index contributed by atoms with van der Waals surface area (Å²) >= 11 is 0. The number of carboxylic acids is 2. The van der Waals surface area contributed by atoms with Gasteiger partial charge in [-0.05, 0) is 43.7 Å². The summed E-state index contributed by atoms with van der Waals surface area (Å²) in [5.41, 5.74) is 9.19. The summed E-state index contributed by atoms with van der Waals surface area (Å²) in [5.74, 6) is -4.41. The van der Waals surface area contributed by atoms with Crippen LogP contribution in [0, 0.1) is 13.8 Å². The predicted molar refractivity (Wildman–Crippen MR) is 127 cm³/mol. The molecule has 0 unspecified atom stereocenters. The Hall–Kier alpha value is -5.14. The number of nitrogens with two attached hydrogens (primary N) is 1. The number of hydrogen-bond acceptors (Lipinski definition) is 8. The first-order chi connectivity index (χ1) is 17.7. The zero-order valence-corrected chi connectivity index (χ0v) is 19.6. The van der Waals surface area contributed by atoms with E-state index < -0.39 is 24.0 Å². The van der Waals surface area contributed by atoms with Gasteiger partial charge in [0.1, 0.15) is 17.1 Å². The third kappa shape index (κ3) is 5.80. The van der Waals surface area contributed by atoms with E-state index in [0.717, 1.165) is 16.8 Å².